The first-order chi connectivity index (χ1) is 9.47. The van der Waals surface area contributed by atoms with Crippen molar-refractivity contribution in [2.75, 3.05) is 13.1 Å². The van der Waals surface area contributed by atoms with Crippen LogP contribution in [0, 0.1) is 18.7 Å². The van der Waals surface area contributed by atoms with E-state index in [2.05, 4.69) is 0 Å². The van der Waals surface area contributed by atoms with E-state index in [1.54, 1.807) is 11.8 Å². The molecule has 1 N–H and O–H groups in total. The van der Waals surface area contributed by atoms with Crippen molar-refractivity contribution in [1.29, 1.82) is 0 Å². The zero-order valence-electron chi connectivity index (χ0n) is 11.4. The van der Waals surface area contributed by atoms with Crippen molar-refractivity contribution in [3.63, 3.8) is 0 Å². The first-order valence-corrected chi connectivity index (χ1v) is 6.74. The number of aliphatic carboxylic acids is 1. The minimum Gasteiger partial charge on any atom is -0.481 e. The highest BCUT2D eigenvalue weighted by molar-refractivity contribution is 5.95. The molecule has 1 aliphatic rings. The number of carbonyl (C=O) groups excluding carboxylic acids is 1. The first kappa shape index (κ1) is 14.5. The first-order valence-electron chi connectivity index (χ1n) is 6.74. The summed E-state index contributed by atoms with van der Waals surface area (Å²) in [4.78, 5) is 24.6. The molecule has 0 bridgehead atoms. The number of carboxylic acid groups (broad SMARTS) is 1. The summed E-state index contributed by atoms with van der Waals surface area (Å²) in [5.41, 5.74) is 1.15. The molecule has 1 unspecified atom stereocenters. The van der Waals surface area contributed by atoms with E-state index in [-0.39, 0.29) is 24.1 Å². The van der Waals surface area contributed by atoms with Crippen LogP contribution in [-0.2, 0) is 4.79 Å². The van der Waals surface area contributed by atoms with Gasteiger partial charge in [-0.1, -0.05) is 0 Å². The van der Waals surface area contributed by atoms with E-state index < -0.39 is 5.97 Å². The number of nitrogens with zero attached hydrogens (tertiary/aromatic N) is 1. The van der Waals surface area contributed by atoms with E-state index in [4.69, 9.17) is 5.11 Å². The van der Waals surface area contributed by atoms with Crippen molar-refractivity contribution >= 4 is 11.9 Å². The van der Waals surface area contributed by atoms with Gasteiger partial charge in [0.2, 0.25) is 0 Å². The second kappa shape index (κ2) is 6.03. The molecule has 20 heavy (non-hydrogen) atoms. The smallest absolute Gasteiger partial charge is 0.303 e. The number of carboxylic acids is 1. The van der Waals surface area contributed by atoms with Gasteiger partial charge in [0, 0.05) is 25.1 Å². The average Bonchev–Trinajstić information content (AvgIpc) is 2.84. The molecule has 1 aromatic rings. The van der Waals surface area contributed by atoms with Gasteiger partial charge in [-0.05, 0) is 49.4 Å². The van der Waals surface area contributed by atoms with Gasteiger partial charge in [0.05, 0.1) is 0 Å². The van der Waals surface area contributed by atoms with E-state index in [1.807, 2.05) is 0 Å². The van der Waals surface area contributed by atoms with Crippen LogP contribution in [0.4, 0.5) is 4.39 Å². The lowest BCUT2D eigenvalue weighted by atomic mass is 10.0. The molecular formula is C15H18FNO3. The van der Waals surface area contributed by atoms with Crippen LogP contribution >= 0.6 is 0 Å². The van der Waals surface area contributed by atoms with Crippen molar-refractivity contribution in [3.8, 4) is 0 Å². The summed E-state index contributed by atoms with van der Waals surface area (Å²) in [5, 5.41) is 8.67. The maximum atomic E-state index is 13.0. The SMILES string of the molecule is Cc1cc(F)ccc1C(=O)N1CCC(CCC(=O)O)C1. The maximum Gasteiger partial charge on any atom is 0.303 e. The minimum absolute atomic E-state index is 0.0969. The van der Waals surface area contributed by atoms with Crippen molar-refractivity contribution in [1.82, 2.24) is 4.90 Å². The van der Waals surface area contributed by atoms with E-state index in [9.17, 15) is 14.0 Å². The van der Waals surface area contributed by atoms with E-state index in [0.717, 1.165) is 6.42 Å². The molecule has 1 heterocycles. The largest absolute Gasteiger partial charge is 0.481 e. The molecule has 108 valence electrons. The predicted octanol–water partition coefficient (Wildman–Crippen LogP) is 2.46. The predicted molar refractivity (Wildman–Crippen MR) is 72.0 cm³/mol. The van der Waals surface area contributed by atoms with Gasteiger partial charge in [-0.25, -0.2) is 4.39 Å². The molecule has 4 nitrogen and oxygen atoms in total. The van der Waals surface area contributed by atoms with Crippen molar-refractivity contribution in [2.24, 2.45) is 5.92 Å². The molecule has 1 aliphatic heterocycles. The molecule has 1 amide bonds. The van der Waals surface area contributed by atoms with E-state index >= 15 is 0 Å². The molecule has 2 rings (SSSR count). The third-order valence-electron chi connectivity index (χ3n) is 3.76. The zero-order chi connectivity index (χ0) is 14.7. The highest BCUT2D eigenvalue weighted by atomic mass is 19.1. The number of aryl methyl sites for hydroxylation is 1. The fourth-order valence-electron chi connectivity index (χ4n) is 2.62. The van der Waals surface area contributed by atoms with Gasteiger partial charge in [-0.3, -0.25) is 9.59 Å². The number of hydrogen-bond donors (Lipinski definition) is 1. The van der Waals surface area contributed by atoms with Crippen LogP contribution in [0.3, 0.4) is 0 Å². The van der Waals surface area contributed by atoms with Crippen molar-refractivity contribution in [3.05, 3.63) is 35.1 Å². The summed E-state index contributed by atoms with van der Waals surface area (Å²) in [7, 11) is 0. The van der Waals surface area contributed by atoms with Crippen LogP contribution < -0.4 is 0 Å². The summed E-state index contributed by atoms with van der Waals surface area (Å²) >= 11 is 0. The topological polar surface area (TPSA) is 57.6 Å². The third kappa shape index (κ3) is 3.35. The number of rotatable bonds is 4. The monoisotopic (exact) mass is 279 g/mol. The molecule has 0 aliphatic carbocycles. The Labute approximate surface area is 117 Å². The van der Waals surface area contributed by atoms with Crippen molar-refractivity contribution in [2.45, 2.75) is 26.2 Å². The van der Waals surface area contributed by atoms with Crippen LogP contribution in [0.2, 0.25) is 0 Å². The summed E-state index contributed by atoms with van der Waals surface area (Å²) < 4.78 is 13.0. The van der Waals surface area contributed by atoms with Crippen LogP contribution in [-0.4, -0.2) is 35.0 Å². The second-order valence-corrected chi connectivity index (χ2v) is 5.30. The molecule has 0 spiro atoms. The molecule has 1 aromatic carbocycles. The molecule has 0 radical (unpaired) electrons. The highest BCUT2D eigenvalue weighted by Crippen LogP contribution is 2.23. The Hall–Kier alpha value is -1.91. The highest BCUT2D eigenvalue weighted by Gasteiger charge is 2.27. The number of likely N-dealkylation sites (tertiary alicyclic amines) is 1. The van der Waals surface area contributed by atoms with Gasteiger partial charge >= 0.3 is 5.97 Å². The van der Waals surface area contributed by atoms with Gasteiger partial charge in [-0.2, -0.15) is 0 Å². The van der Waals surface area contributed by atoms with Gasteiger partial charge < -0.3 is 10.0 Å². The van der Waals surface area contributed by atoms with Crippen LogP contribution in [0.25, 0.3) is 0 Å². The van der Waals surface area contributed by atoms with Gasteiger partial charge in [0.25, 0.3) is 5.91 Å². The zero-order valence-corrected chi connectivity index (χ0v) is 11.4. The van der Waals surface area contributed by atoms with Gasteiger partial charge in [0.15, 0.2) is 0 Å². The van der Waals surface area contributed by atoms with Crippen LogP contribution in [0.1, 0.15) is 35.2 Å². The number of halogens is 1. The Morgan fingerprint density at radius 2 is 2.20 bits per heavy atom. The minimum atomic E-state index is -0.802. The average molecular weight is 279 g/mol. The molecule has 0 saturated carbocycles. The fourth-order valence-corrected chi connectivity index (χ4v) is 2.62. The summed E-state index contributed by atoms with van der Waals surface area (Å²) in [6.45, 7) is 2.94. The molecule has 1 saturated heterocycles. The lowest BCUT2D eigenvalue weighted by Crippen LogP contribution is -2.29. The number of benzene rings is 1. The number of carbonyl (C=O) groups is 2. The summed E-state index contributed by atoms with van der Waals surface area (Å²) in [6, 6.07) is 4.15. The molecule has 1 fully saturated rings. The summed E-state index contributed by atoms with van der Waals surface area (Å²) in [6.07, 6.45) is 1.57. The van der Waals surface area contributed by atoms with Gasteiger partial charge in [0.1, 0.15) is 5.82 Å². The standard InChI is InChI=1S/C15H18FNO3/c1-10-8-12(16)3-4-13(10)15(20)17-7-6-11(9-17)2-5-14(18)19/h3-4,8,11H,2,5-7,9H2,1H3,(H,18,19). The third-order valence-corrected chi connectivity index (χ3v) is 3.76. The Morgan fingerprint density at radius 3 is 2.85 bits per heavy atom. The molecule has 1 atom stereocenters. The van der Waals surface area contributed by atoms with Crippen LogP contribution in [0.5, 0.6) is 0 Å². The Balaban J connectivity index is 1.99. The lowest BCUT2D eigenvalue weighted by molar-refractivity contribution is -0.137. The van der Waals surface area contributed by atoms with Crippen molar-refractivity contribution < 1.29 is 19.1 Å². The number of amides is 1. The quantitative estimate of drug-likeness (QED) is 0.921. The molecule has 0 aromatic heterocycles. The maximum absolute atomic E-state index is 13.0. The summed E-state index contributed by atoms with van der Waals surface area (Å²) in [5.74, 6) is -1.000. The van der Waals surface area contributed by atoms with E-state index in [0.29, 0.717) is 30.6 Å². The normalized spacial score (nSPS) is 18.3. The van der Waals surface area contributed by atoms with Gasteiger partial charge in [-0.15, -0.1) is 0 Å². The number of hydrogen-bond acceptors (Lipinski definition) is 2. The Bertz CT molecular complexity index is 530. The molecular weight excluding hydrogens is 261 g/mol. The molecule has 5 heteroatoms. The fraction of sp³-hybridized carbons (Fsp3) is 0.467. The Morgan fingerprint density at radius 1 is 1.45 bits per heavy atom. The second-order valence-electron chi connectivity index (χ2n) is 5.30. The van der Waals surface area contributed by atoms with Crippen LogP contribution in [0.15, 0.2) is 18.2 Å². The lowest BCUT2D eigenvalue weighted by Gasteiger charge is -2.17. The van der Waals surface area contributed by atoms with E-state index in [1.165, 1.54) is 18.2 Å². The Kier molecular flexibility index (Phi) is 4.37.